The predicted molar refractivity (Wildman–Crippen MR) is 77.1 cm³/mol. The number of benzene rings is 1. The summed E-state index contributed by atoms with van der Waals surface area (Å²) in [6.07, 6.45) is 1.31. The lowest BCUT2D eigenvalue weighted by molar-refractivity contribution is -0.116. The monoisotopic (exact) mass is 262 g/mol. The number of amides is 1. The van der Waals surface area contributed by atoms with Crippen LogP contribution in [0.25, 0.3) is 0 Å². The summed E-state index contributed by atoms with van der Waals surface area (Å²) < 4.78 is 0. The fourth-order valence-corrected chi connectivity index (χ4v) is 1.36. The van der Waals surface area contributed by atoms with Crippen molar-refractivity contribution < 1.29 is 4.79 Å². The van der Waals surface area contributed by atoms with Gasteiger partial charge in [0.05, 0.1) is 5.69 Å². The molecule has 0 radical (unpaired) electrons. The number of carbonyl (C=O) groups excluding carboxylic acids is 1. The fourth-order valence-electron chi connectivity index (χ4n) is 1.36. The summed E-state index contributed by atoms with van der Waals surface area (Å²) in [4.78, 5) is 19.0. The Morgan fingerprint density at radius 3 is 2.37 bits per heavy atom. The zero-order valence-corrected chi connectivity index (χ0v) is 10.8. The van der Waals surface area contributed by atoms with E-state index in [-0.39, 0.29) is 17.8 Å². The summed E-state index contributed by atoms with van der Waals surface area (Å²) in [5.41, 5.74) is 17.1. The summed E-state index contributed by atoms with van der Waals surface area (Å²) in [6.45, 7) is 1.95. The van der Waals surface area contributed by atoms with Gasteiger partial charge in [0.2, 0.25) is 11.9 Å². The number of hydrogen-bond acceptors (Lipinski definition) is 2. The molecule has 0 saturated carbocycles. The Labute approximate surface area is 111 Å². The van der Waals surface area contributed by atoms with Crippen LogP contribution in [0.5, 0.6) is 0 Å². The van der Waals surface area contributed by atoms with E-state index in [2.05, 4.69) is 15.3 Å². The minimum absolute atomic E-state index is 0.0150. The van der Waals surface area contributed by atoms with Crippen molar-refractivity contribution in [3.63, 3.8) is 0 Å². The van der Waals surface area contributed by atoms with Gasteiger partial charge in [-0.1, -0.05) is 6.92 Å². The molecule has 0 aliphatic heterocycles. The maximum atomic E-state index is 11.4. The molecule has 1 amide bonds. The lowest BCUT2D eigenvalue weighted by Gasteiger charge is -2.04. The van der Waals surface area contributed by atoms with Crippen LogP contribution in [0.2, 0.25) is 0 Å². The molecule has 0 aliphatic rings. The van der Waals surface area contributed by atoms with Crippen LogP contribution in [0.1, 0.15) is 19.8 Å². The third-order valence-electron chi connectivity index (χ3n) is 2.12. The Kier molecular flexibility index (Phi) is 5.34. The Balaban J connectivity index is 2.71. The second-order valence-corrected chi connectivity index (χ2v) is 3.85. The third kappa shape index (κ3) is 5.53. The number of nitrogens with two attached hydrogens (primary N) is 3. The minimum atomic E-state index is -0.148. The van der Waals surface area contributed by atoms with E-state index < -0.39 is 0 Å². The molecule has 19 heavy (non-hydrogen) atoms. The van der Waals surface area contributed by atoms with Gasteiger partial charge in [-0.3, -0.25) is 4.79 Å². The number of aliphatic imine (C=N–C) groups is 2. The van der Waals surface area contributed by atoms with Crippen molar-refractivity contribution in [2.45, 2.75) is 19.8 Å². The Morgan fingerprint density at radius 2 is 1.84 bits per heavy atom. The van der Waals surface area contributed by atoms with Crippen LogP contribution in [0, 0.1) is 0 Å². The molecule has 0 spiro atoms. The molecule has 0 saturated heterocycles. The molecule has 0 fully saturated rings. The standard InChI is InChI=1S/C12H18N6O/c1-2-3-10(19)16-8-4-6-9(7-5-8)17-12(15)18-11(13)14/h4-7H,2-3H2,1H3,(H,16,19)(H6,13,14,15,17,18). The van der Waals surface area contributed by atoms with E-state index in [1.165, 1.54) is 0 Å². The third-order valence-corrected chi connectivity index (χ3v) is 2.12. The summed E-state index contributed by atoms with van der Waals surface area (Å²) in [7, 11) is 0. The molecular formula is C12H18N6O. The van der Waals surface area contributed by atoms with E-state index in [9.17, 15) is 4.79 Å². The molecule has 1 aromatic rings. The smallest absolute Gasteiger partial charge is 0.224 e. The molecule has 0 aliphatic carbocycles. The first-order chi connectivity index (χ1) is 9.01. The van der Waals surface area contributed by atoms with E-state index in [4.69, 9.17) is 17.2 Å². The molecule has 1 rings (SSSR count). The molecule has 0 atom stereocenters. The summed E-state index contributed by atoms with van der Waals surface area (Å²) >= 11 is 0. The van der Waals surface area contributed by atoms with Gasteiger partial charge in [-0.05, 0) is 30.7 Å². The Hall–Kier alpha value is -2.57. The second-order valence-electron chi connectivity index (χ2n) is 3.85. The normalized spacial score (nSPS) is 10.9. The highest BCUT2D eigenvalue weighted by molar-refractivity contribution is 5.94. The first-order valence-electron chi connectivity index (χ1n) is 5.85. The van der Waals surface area contributed by atoms with Crippen LogP contribution in [0.3, 0.4) is 0 Å². The molecule has 7 nitrogen and oxygen atoms in total. The molecule has 0 aromatic heterocycles. The Morgan fingerprint density at radius 1 is 1.21 bits per heavy atom. The number of nitrogens with zero attached hydrogens (tertiary/aromatic N) is 2. The van der Waals surface area contributed by atoms with Crippen molar-refractivity contribution >= 4 is 29.2 Å². The van der Waals surface area contributed by atoms with Gasteiger partial charge in [0, 0.05) is 12.1 Å². The van der Waals surface area contributed by atoms with Crippen molar-refractivity contribution in [2.75, 3.05) is 5.32 Å². The number of anilines is 1. The predicted octanol–water partition coefficient (Wildman–Crippen LogP) is 0.645. The molecular weight excluding hydrogens is 244 g/mol. The maximum absolute atomic E-state index is 11.4. The first-order valence-corrected chi connectivity index (χ1v) is 5.85. The van der Waals surface area contributed by atoms with Crippen LogP contribution in [-0.4, -0.2) is 17.8 Å². The van der Waals surface area contributed by atoms with Crippen molar-refractivity contribution in [3.8, 4) is 0 Å². The molecule has 7 heteroatoms. The molecule has 7 N–H and O–H groups in total. The van der Waals surface area contributed by atoms with Gasteiger partial charge < -0.3 is 22.5 Å². The van der Waals surface area contributed by atoms with Crippen molar-refractivity contribution in [1.82, 2.24) is 0 Å². The first kappa shape index (κ1) is 14.5. The second kappa shape index (κ2) is 7.00. The zero-order valence-electron chi connectivity index (χ0n) is 10.8. The molecule has 0 bridgehead atoms. The van der Waals surface area contributed by atoms with Crippen LogP contribution < -0.4 is 22.5 Å². The van der Waals surface area contributed by atoms with E-state index >= 15 is 0 Å². The van der Waals surface area contributed by atoms with E-state index in [1.54, 1.807) is 24.3 Å². The van der Waals surface area contributed by atoms with Crippen molar-refractivity contribution in [1.29, 1.82) is 0 Å². The summed E-state index contributed by atoms with van der Waals surface area (Å²) in [6, 6.07) is 6.87. The van der Waals surface area contributed by atoms with Gasteiger partial charge in [-0.15, -0.1) is 0 Å². The topological polar surface area (TPSA) is 132 Å². The fraction of sp³-hybridized carbons (Fsp3) is 0.250. The summed E-state index contributed by atoms with van der Waals surface area (Å²) in [5, 5.41) is 2.77. The lowest BCUT2D eigenvalue weighted by atomic mass is 10.2. The lowest BCUT2D eigenvalue weighted by Crippen LogP contribution is -2.26. The largest absolute Gasteiger partial charge is 0.370 e. The van der Waals surface area contributed by atoms with Crippen molar-refractivity contribution in [3.05, 3.63) is 24.3 Å². The molecule has 1 aromatic carbocycles. The van der Waals surface area contributed by atoms with Gasteiger partial charge in [0.1, 0.15) is 0 Å². The highest BCUT2D eigenvalue weighted by atomic mass is 16.1. The van der Waals surface area contributed by atoms with Crippen LogP contribution >= 0.6 is 0 Å². The van der Waals surface area contributed by atoms with E-state index in [0.29, 0.717) is 17.8 Å². The van der Waals surface area contributed by atoms with E-state index in [1.807, 2.05) is 6.92 Å². The molecule has 0 heterocycles. The Bertz CT molecular complexity index is 487. The summed E-state index contributed by atoms with van der Waals surface area (Å²) in [5.74, 6) is -0.189. The van der Waals surface area contributed by atoms with Gasteiger partial charge in [-0.2, -0.15) is 4.99 Å². The van der Waals surface area contributed by atoms with Gasteiger partial charge in [0.25, 0.3) is 0 Å². The zero-order chi connectivity index (χ0) is 14.3. The van der Waals surface area contributed by atoms with Crippen LogP contribution in [0.15, 0.2) is 34.3 Å². The van der Waals surface area contributed by atoms with Gasteiger partial charge in [0.15, 0.2) is 5.96 Å². The number of rotatable bonds is 4. The van der Waals surface area contributed by atoms with E-state index in [0.717, 1.165) is 6.42 Å². The number of nitrogens with one attached hydrogen (secondary N) is 1. The van der Waals surface area contributed by atoms with Crippen LogP contribution in [0.4, 0.5) is 11.4 Å². The van der Waals surface area contributed by atoms with Gasteiger partial charge in [-0.25, -0.2) is 4.99 Å². The molecule has 102 valence electrons. The number of guanidine groups is 2. The average molecular weight is 262 g/mol. The van der Waals surface area contributed by atoms with Crippen LogP contribution in [-0.2, 0) is 4.79 Å². The highest BCUT2D eigenvalue weighted by Crippen LogP contribution is 2.16. The highest BCUT2D eigenvalue weighted by Gasteiger charge is 2.00. The van der Waals surface area contributed by atoms with Crippen molar-refractivity contribution in [2.24, 2.45) is 27.2 Å². The SMILES string of the molecule is CCCC(=O)Nc1ccc(N=C(N)N=C(N)N)cc1. The number of hydrogen-bond donors (Lipinski definition) is 4. The minimum Gasteiger partial charge on any atom is -0.370 e. The quantitative estimate of drug-likeness (QED) is 0.468. The van der Waals surface area contributed by atoms with Gasteiger partial charge >= 0.3 is 0 Å². The number of carbonyl (C=O) groups is 1. The maximum Gasteiger partial charge on any atom is 0.224 e. The average Bonchev–Trinajstić information content (AvgIpc) is 2.31. The molecule has 0 unspecified atom stereocenters.